The molecule has 1 aromatic carbocycles. The highest BCUT2D eigenvalue weighted by molar-refractivity contribution is 5.85. The van der Waals surface area contributed by atoms with Gasteiger partial charge in [0.15, 0.2) is 0 Å². The minimum Gasteiger partial charge on any atom is -0.477 e. The quantitative estimate of drug-likeness (QED) is 0.386. The first-order valence-electron chi connectivity index (χ1n) is 11.6. The second-order valence-corrected chi connectivity index (χ2v) is 10.1. The predicted octanol–water partition coefficient (Wildman–Crippen LogP) is 7.12. The van der Waals surface area contributed by atoms with Crippen LogP contribution in [0.5, 0.6) is 0 Å². The summed E-state index contributed by atoms with van der Waals surface area (Å²) in [4.78, 5) is 23.6. The molecule has 2 heterocycles. The maximum atomic E-state index is 15.2. The molecule has 35 heavy (non-hydrogen) atoms. The van der Waals surface area contributed by atoms with E-state index in [1.807, 2.05) is 26.0 Å². The molecular weight excluding hydrogens is 448 g/mol. The van der Waals surface area contributed by atoms with Crippen molar-refractivity contribution in [3.8, 4) is 11.3 Å². The fourth-order valence-electron chi connectivity index (χ4n) is 4.92. The molecule has 7 heteroatoms. The van der Waals surface area contributed by atoms with Crippen LogP contribution in [0.4, 0.5) is 14.5 Å². The maximum Gasteiger partial charge on any atom is 0.354 e. The van der Waals surface area contributed by atoms with Crippen LogP contribution in [0, 0.1) is 23.6 Å². The standard InChI is InChI=1S/C28H27F2N3O2/c1-27(2,22-9-7-8-20(32-22)26(34)35)23-15-17(16-28(3)12-5-6-13-28)14-21(33-23)18-10-11-19(29)25(31-4)24(18)30/h7-11,14-15H,5-6,12-13,16H2,1-3H3,(H,34,35). The molecule has 2 aromatic heterocycles. The first kappa shape index (κ1) is 24.5. The van der Waals surface area contributed by atoms with Gasteiger partial charge in [0.2, 0.25) is 0 Å². The smallest absolute Gasteiger partial charge is 0.354 e. The minimum atomic E-state index is -1.13. The molecule has 1 aliphatic rings. The number of carboxylic acid groups (broad SMARTS) is 1. The Hall–Kier alpha value is -3.66. The molecule has 0 radical (unpaired) electrons. The lowest BCUT2D eigenvalue weighted by molar-refractivity contribution is 0.0690. The molecule has 0 unspecified atom stereocenters. The van der Waals surface area contributed by atoms with Gasteiger partial charge in [-0.15, -0.1) is 0 Å². The van der Waals surface area contributed by atoms with Gasteiger partial charge in [0.1, 0.15) is 17.3 Å². The Morgan fingerprint density at radius 3 is 2.49 bits per heavy atom. The number of benzene rings is 1. The Balaban J connectivity index is 1.89. The molecule has 0 saturated heterocycles. The van der Waals surface area contributed by atoms with Crippen molar-refractivity contribution in [3.05, 3.63) is 88.2 Å². The Labute approximate surface area is 203 Å². The predicted molar refractivity (Wildman–Crippen MR) is 129 cm³/mol. The van der Waals surface area contributed by atoms with Crippen LogP contribution in [0.25, 0.3) is 16.1 Å². The van der Waals surface area contributed by atoms with Crippen molar-refractivity contribution >= 4 is 11.7 Å². The number of rotatable bonds is 6. The van der Waals surface area contributed by atoms with Crippen LogP contribution >= 0.6 is 0 Å². The summed E-state index contributed by atoms with van der Waals surface area (Å²) in [7, 11) is 0. The normalized spacial score (nSPS) is 15.1. The monoisotopic (exact) mass is 475 g/mol. The zero-order valence-electron chi connectivity index (χ0n) is 20.0. The lowest BCUT2D eigenvalue weighted by atomic mass is 9.79. The first-order chi connectivity index (χ1) is 16.5. The Bertz CT molecular complexity index is 1340. The third-order valence-electron chi connectivity index (χ3n) is 7.03. The van der Waals surface area contributed by atoms with Gasteiger partial charge < -0.3 is 5.11 Å². The van der Waals surface area contributed by atoms with Crippen molar-refractivity contribution in [2.24, 2.45) is 5.41 Å². The fourth-order valence-corrected chi connectivity index (χ4v) is 4.92. The van der Waals surface area contributed by atoms with Gasteiger partial charge in [-0.3, -0.25) is 4.98 Å². The average Bonchev–Trinajstić information content (AvgIpc) is 3.25. The number of aromatic carboxylic acids is 1. The van der Waals surface area contributed by atoms with Crippen molar-refractivity contribution in [2.75, 3.05) is 0 Å². The number of halogens is 2. The van der Waals surface area contributed by atoms with E-state index in [0.717, 1.165) is 30.9 Å². The van der Waals surface area contributed by atoms with Gasteiger partial charge in [0.25, 0.3) is 5.69 Å². The molecule has 1 saturated carbocycles. The summed E-state index contributed by atoms with van der Waals surface area (Å²) in [6.45, 7) is 13.2. The van der Waals surface area contributed by atoms with Gasteiger partial charge in [-0.1, -0.05) is 25.8 Å². The van der Waals surface area contributed by atoms with E-state index in [0.29, 0.717) is 17.1 Å². The van der Waals surface area contributed by atoms with Crippen molar-refractivity contribution in [1.29, 1.82) is 0 Å². The highest BCUT2D eigenvalue weighted by atomic mass is 19.1. The fraction of sp³-hybridized carbons (Fsp3) is 0.357. The van der Waals surface area contributed by atoms with Crippen molar-refractivity contribution in [2.45, 2.75) is 58.3 Å². The summed E-state index contributed by atoms with van der Waals surface area (Å²) in [6.07, 6.45) is 5.29. The summed E-state index contributed by atoms with van der Waals surface area (Å²) in [5.41, 5.74) is 1.02. The molecule has 5 nitrogen and oxygen atoms in total. The highest BCUT2D eigenvalue weighted by Crippen LogP contribution is 2.42. The SMILES string of the molecule is [C-]#[N+]c1c(F)ccc(-c2cc(CC3(C)CCCC3)cc(C(C)(C)c3cccc(C(=O)O)n3)n2)c1F. The maximum absolute atomic E-state index is 15.2. The van der Waals surface area contributed by atoms with E-state index < -0.39 is 28.7 Å². The molecule has 1 N–H and O–H groups in total. The zero-order valence-corrected chi connectivity index (χ0v) is 20.0. The van der Waals surface area contributed by atoms with Gasteiger partial charge in [0, 0.05) is 11.0 Å². The van der Waals surface area contributed by atoms with E-state index >= 15 is 4.39 Å². The molecule has 4 rings (SSSR count). The van der Waals surface area contributed by atoms with Crippen LogP contribution in [0.2, 0.25) is 0 Å². The Morgan fingerprint density at radius 2 is 1.83 bits per heavy atom. The summed E-state index contributed by atoms with van der Waals surface area (Å²) >= 11 is 0. The van der Waals surface area contributed by atoms with Gasteiger partial charge >= 0.3 is 5.97 Å². The average molecular weight is 476 g/mol. The molecule has 1 fully saturated rings. The third-order valence-corrected chi connectivity index (χ3v) is 7.03. The van der Waals surface area contributed by atoms with Crippen molar-refractivity contribution in [1.82, 2.24) is 9.97 Å². The lowest BCUT2D eigenvalue weighted by Gasteiger charge is -2.28. The van der Waals surface area contributed by atoms with Crippen LogP contribution in [0.1, 0.15) is 73.9 Å². The van der Waals surface area contributed by atoms with Gasteiger partial charge in [-0.05, 0) is 80.5 Å². The molecule has 0 aliphatic heterocycles. The van der Waals surface area contributed by atoms with Gasteiger partial charge in [-0.25, -0.2) is 23.4 Å². The molecule has 1 aliphatic carbocycles. The van der Waals surface area contributed by atoms with Crippen LogP contribution in [0.15, 0.2) is 42.5 Å². The number of nitrogens with zero attached hydrogens (tertiary/aromatic N) is 3. The molecule has 0 amide bonds. The number of carbonyl (C=O) groups is 1. The van der Waals surface area contributed by atoms with E-state index in [4.69, 9.17) is 11.6 Å². The van der Waals surface area contributed by atoms with Crippen molar-refractivity contribution in [3.63, 3.8) is 0 Å². The topological polar surface area (TPSA) is 67.4 Å². The van der Waals surface area contributed by atoms with E-state index in [1.165, 1.54) is 25.0 Å². The largest absolute Gasteiger partial charge is 0.477 e. The minimum absolute atomic E-state index is 0.0557. The van der Waals surface area contributed by atoms with Gasteiger partial charge in [-0.2, -0.15) is 0 Å². The van der Waals surface area contributed by atoms with Crippen LogP contribution < -0.4 is 0 Å². The summed E-state index contributed by atoms with van der Waals surface area (Å²) < 4.78 is 29.2. The van der Waals surface area contributed by atoms with E-state index in [-0.39, 0.29) is 16.7 Å². The van der Waals surface area contributed by atoms with E-state index in [2.05, 4.69) is 16.8 Å². The highest BCUT2D eigenvalue weighted by Gasteiger charge is 2.32. The summed E-state index contributed by atoms with van der Waals surface area (Å²) in [6, 6.07) is 11.0. The number of pyridine rings is 2. The molecule has 180 valence electrons. The second-order valence-electron chi connectivity index (χ2n) is 10.1. The number of hydrogen-bond donors (Lipinski definition) is 1. The van der Waals surface area contributed by atoms with Crippen LogP contribution in [-0.2, 0) is 11.8 Å². The molecule has 3 aromatic rings. The molecular formula is C28H27F2N3O2. The lowest BCUT2D eigenvalue weighted by Crippen LogP contribution is -2.24. The van der Waals surface area contributed by atoms with Crippen LogP contribution in [-0.4, -0.2) is 21.0 Å². The Morgan fingerprint density at radius 1 is 1.11 bits per heavy atom. The van der Waals surface area contributed by atoms with E-state index in [9.17, 15) is 14.3 Å². The Kier molecular flexibility index (Phi) is 6.42. The molecule has 0 bridgehead atoms. The number of aromatic nitrogens is 2. The van der Waals surface area contributed by atoms with Gasteiger partial charge in [0.05, 0.1) is 23.7 Å². The van der Waals surface area contributed by atoms with Crippen molar-refractivity contribution < 1.29 is 18.7 Å². The zero-order chi connectivity index (χ0) is 25.4. The summed E-state index contributed by atoms with van der Waals surface area (Å²) in [5, 5.41) is 9.40. The van der Waals surface area contributed by atoms with E-state index in [1.54, 1.807) is 12.1 Å². The summed E-state index contributed by atoms with van der Waals surface area (Å²) in [5.74, 6) is -2.98. The van der Waals surface area contributed by atoms with Crippen LogP contribution in [0.3, 0.4) is 0 Å². The first-order valence-corrected chi connectivity index (χ1v) is 11.6. The second kappa shape index (κ2) is 9.18. The number of hydrogen-bond acceptors (Lipinski definition) is 3. The number of carboxylic acids is 1. The molecule has 0 atom stereocenters. The third kappa shape index (κ3) is 4.79. The molecule has 0 spiro atoms.